The molecule has 0 saturated carbocycles. The monoisotopic (exact) mass is 358 g/mol. The summed E-state index contributed by atoms with van der Waals surface area (Å²) in [6.45, 7) is 0. The second kappa shape index (κ2) is 7.27. The van der Waals surface area contributed by atoms with Crippen molar-refractivity contribution in [3.63, 3.8) is 0 Å². The van der Waals surface area contributed by atoms with E-state index in [0.717, 1.165) is 5.56 Å². The number of methoxy groups -OCH3 is 1. The first-order valence-corrected chi connectivity index (χ1v) is 7.79. The number of hydrogen-bond acceptors (Lipinski definition) is 6. The average molecular weight is 359 g/mol. The first-order valence-electron chi connectivity index (χ1n) is 7.41. The third kappa shape index (κ3) is 3.75. The van der Waals surface area contributed by atoms with Crippen LogP contribution in [0.25, 0.3) is 0 Å². The van der Waals surface area contributed by atoms with E-state index >= 15 is 0 Å². The zero-order valence-electron chi connectivity index (χ0n) is 13.3. The molecule has 0 bridgehead atoms. The summed E-state index contributed by atoms with van der Waals surface area (Å²) < 4.78 is 10.7. The van der Waals surface area contributed by atoms with E-state index in [0.29, 0.717) is 16.5 Å². The Balaban J connectivity index is 1.89. The lowest BCUT2D eigenvalue weighted by Gasteiger charge is -2.12. The summed E-state index contributed by atoms with van der Waals surface area (Å²) in [6.07, 6.45) is 0.260. The van der Waals surface area contributed by atoms with Crippen LogP contribution in [0.15, 0.2) is 48.5 Å². The number of nitrogens with zero attached hydrogens (tertiary/aromatic N) is 2. The van der Waals surface area contributed by atoms with Gasteiger partial charge in [0.25, 0.3) is 17.5 Å². The third-order valence-electron chi connectivity index (χ3n) is 3.46. The molecule has 0 aliphatic heterocycles. The molecule has 128 valence electrons. The van der Waals surface area contributed by atoms with Crippen molar-refractivity contribution in [1.29, 1.82) is 0 Å². The Bertz CT molecular complexity index is 879. The summed E-state index contributed by atoms with van der Waals surface area (Å²) in [6, 6.07) is 14.0. The minimum atomic E-state index is -0.472. The average Bonchev–Trinajstić information content (AvgIpc) is 2.60. The van der Waals surface area contributed by atoms with Crippen LogP contribution in [0.2, 0.25) is 5.02 Å². The molecule has 1 heterocycles. The number of halogens is 1. The summed E-state index contributed by atoms with van der Waals surface area (Å²) in [5, 5.41) is 20.8. The minimum Gasteiger partial charge on any atom is -0.493 e. The second-order valence-electron chi connectivity index (χ2n) is 5.14. The Hall–Kier alpha value is -2.99. The Morgan fingerprint density at radius 3 is 2.16 bits per heavy atom. The van der Waals surface area contributed by atoms with E-state index in [1.165, 1.54) is 7.11 Å². The van der Waals surface area contributed by atoms with E-state index in [1.807, 2.05) is 18.2 Å². The van der Waals surface area contributed by atoms with Gasteiger partial charge in [0, 0.05) is 11.4 Å². The molecule has 2 aromatic carbocycles. The standard InChI is InChI=1S/C18H15ClN2O4/c1-24-13-8-4-5-9-14(13)25-16-17(22)20-15(21-18(16)23)10-11-6-2-3-7-12(11)19/h2-9H,10H2,1H3,(H2,20,21,22,23). The third-order valence-corrected chi connectivity index (χ3v) is 3.83. The molecule has 0 saturated heterocycles. The maximum absolute atomic E-state index is 10.1. The number of rotatable bonds is 5. The minimum absolute atomic E-state index is 0.218. The molecule has 0 aliphatic carbocycles. The molecule has 0 unspecified atom stereocenters. The van der Waals surface area contributed by atoms with Gasteiger partial charge in [-0.3, -0.25) is 0 Å². The highest BCUT2D eigenvalue weighted by molar-refractivity contribution is 6.31. The molecule has 25 heavy (non-hydrogen) atoms. The summed E-state index contributed by atoms with van der Waals surface area (Å²) in [5.74, 6) is -0.205. The molecular formula is C18H15ClN2O4. The normalized spacial score (nSPS) is 10.5. The van der Waals surface area contributed by atoms with Crippen LogP contribution in [0, 0.1) is 0 Å². The smallest absolute Gasteiger partial charge is 0.262 e. The van der Waals surface area contributed by atoms with Gasteiger partial charge in [0.15, 0.2) is 11.5 Å². The molecule has 2 N–H and O–H groups in total. The quantitative estimate of drug-likeness (QED) is 0.718. The molecule has 0 radical (unpaired) electrons. The molecule has 3 rings (SSSR count). The zero-order chi connectivity index (χ0) is 17.8. The molecule has 0 amide bonds. The van der Waals surface area contributed by atoms with Crippen LogP contribution in [-0.4, -0.2) is 27.3 Å². The van der Waals surface area contributed by atoms with Crippen molar-refractivity contribution in [3.8, 4) is 29.0 Å². The molecule has 0 aliphatic rings. The van der Waals surface area contributed by atoms with Crippen LogP contribution in [0.4, 0.5) is 0 Å². The summed E-state index contributed by atoms with van der Waals surface area (Å²) in [5.41, 5.74) is 0.779. The van der Waals surface area contributed by atoms with Gasteiger partial charge in [0.05, 0.1) is 7.11 Å². The molecule has 6 nitrogen and oxygen atoms in total. The van der Waals surface area contributed by atoms with Gasteiger partial charge in [-0.1, -0.05) is 41.9 Å². The fourth-order valence-electron chi connectivity index (χ4n) is 2.27. The zero-order valence-corrected chi connectivity index (χ0v) is 14.1. The van der Waals surface area contributed by atoms with Crippen molar-refractivity contribution in [1.82, 2.24) is 9.97 Å². The van der Waals surface area contributed by atoms with Crippen LogP contribution < -0.4 is 9.47 Å². The van der Waals surface area contributed by atoms with Crippen LogP contribution in [0.3, 0.4) is 0 Å². The van der Waals surface area contributed by atoms with Gasteiger partial charge in [0.1, 0.15) is 5.82 Å². The van der Waals surface area contributed by atoms with E-state index in [1.54, 1.807) is 30.3 Å². The van der Waals surface area contributed by atoms with Crippen molar-refractivity contribution in [2.45, 2.75) is 6.42 Å². The largest absolute Gasteiger partial charge is 0.493 e. The molecule has 1 aromatic heterocycles. The number of benzene rings is 2. The molecular weight excluding hydrogens is 344 g/mol. The highest BCUT2D eigenvalue weighted by atomic mass is 35.5. The molecule has 0 spiro atoms. The predicted octanol–water partition coefficient (Wildman–Crippen LogP) is 3.93. The molecule has 0 fully saturated rings. The van der Waals surface area contributed by atoms with E-state index in [9.17, 15) is 10.2 Å². The van der Waals surface area contributed by atoms with E-state index in [2.05, 4.69) is 9.97 Å². The van der Waals surface area contributed by atoms with Gasteiger partial charge in [-0.15, -0.1) is 0 Å². The van der Waals surface area contributed by atoms with E-state index in [-0.39, 0.29) is 18.0 Å². The maximum Gasteiger partial charge on any atom is 0.262 e. The fraction of sp³-hybridized carbons (Fsp3) is 0.111. The Labute approximate surface area is 149 Å². The van der Waals surface area contributed by atoms with Crippen LogP contribution in [0.1, 0.15) is 11.4 Å². The highest BCUT2D eigenvalue weighted by Gasteiger charge is 2.18. The van der Waals surface area contributed by atoms with Crippen LogP contribution in [-0.2, 0) is 6.42 Å². The lowest BCUT2D eigenvalue weighted by Crippen LogP contribution is -2.00. The van der Waals surface area contributed by atoms with Gasteiger partial charge in [-0.05, 0) is 23.8 Å². The Kier molecular flexibility index (Phi) is 4.90. The summed E-state index contributed by atoms with van der Waals surface area (Å²) in [4.78, 5) is 7.96. The van der Waals surface area contributed by atoms with Gasteiger partial charge in [0.2, 0.25) is 0 Å². The van der Waals surface area contributed by atoms with Gasteiger partial charge >= 0.3 is 0 Å². The number of aromatic nitrogens is 2. The van der Waals surface area contributed by atoms with Gasteiger partial charge in [-0.25, -0.2) is 0 Å². The first-order chi connectivity index (χ1) is 12.1. The topological polar surface area (TPSA) is 84.7 Å². The van der Waals surface area contributed by atoms with Crippen molar-refractivity contribution in [2.75, 3.05) is 7.11 Å². The van der Waals surface area contributed by atoms with Crippen molar-refractivity contribution >= 4 is 11.6 Å². The second-order valence-corrected chi connectivity index (χ2v) is 5.54. The lowest BCUT2D eigenvalue weighted by atomic mass is 10.1. The van der Waals surface area contributed by atoms with Gasteiger partial charge in [-0.2, -0.15) is 9.97 Å². The molecule has 7 heteroatoms. The Morgan fingerprint density at radius 2 is 1.52 bits per heavy atom. The first kappa shape index (κ1) is 16.9. The number of para-hydroxylation sites is 2. The fourth-order valence-corrected chi connectivity index (χ4v) is 2.47. The SMILES string of the molecule is COc1ccccc1Oc1c(O)nc(Cc2ccccc2Cl)nc1O. The number of ether oxygens (including phenoxy) is 2. The van der Waals surface area contributed by atoms with Gasteiger partial charge < -0.3 is 19.7 Å². The number of aromatic hydroxyl groups is 2. The van der Waals surface area contributed by atoms with E-state index < -0.39 is 11.8 Å². The van der Waals surface area contributed by atoms with Crippen molar-refractivity contribution in [2.24, 2.45) is 0 Å². The van der Waals surface area contributed by atoms with Crippen LogP contribution >= 0.6 is 11.6 Å². The molecule has 3 aromatic rings. The summed E-state index contributed by atoms with van der Waals surface area (Å²) in [7, 11) is 1.49. The summed E-state index contributed by atoms with van der Waals surface area (Å²) >= 11 is 6.11. The Morgan fingerprint density at radius 1 is 0.920 bits per heavy atom. The van der Waals surface area contributed by atoms with Crippen molar-refractivity contribution in [3.05, 3.63) is 64.9 Å². The lowest BCUT2D eigenvalue weighted by molar-refractivity contribution is 0.335. The molecule has 0 atom stereocenters. The predicted molar refractivity (Wildman–Crippen MR) is 92.7 cm³/mol. The van der Waals surface area contributed by atoms with Crippen LogP contribution in [0.5, 0.6) is 29.0 Å². The maximum atomic E-state index is 10.1. The van der Waals surface area contributed by atoms with Crippen molar-refractivity contribution < 1.29 is 19.7 Å². The number of hydrogen-bond donors (Lipinski definition) is 2. The van der Waals surface area contributed by atoms with E-state index in [4.69, 9.17) is 21.1 Å². The highest BCUT2D eigenvalue weighted by Crippen LogP contribution is 2.39.